The number of carboxylic acids is 1. The van der Waals surface area contributed by atoms with Crippen LogP contribution in [0.25, 0.3) is 0 Å². The van der Waals surface area contributed by atoms with Gasteiger partial charge in [0.1, 0.15) is 0 Å². The van der Waals surface area contributed by atoms with Crippen molar-refractivity contribution in [2.45, 2.75) is 45.7 Å². The van der Waals surface area contributed by atoms with E-state index in [9.17, 15) is 4.79 Å². The van der Waals surface area contributed by atoms with Crippen molar-refractivity contribution in [3.05, 3.63) is 0 Å². The van der Waals surface area contributed by atoms with Crippen LogP contribution >= 0.6 is 0 Å². The van der Waals surface area contributed by atoms with E-state index in [0.717, 1.165) is 0 Å². The zero-order chi connectivity index (χ0) is 11.1. The maximum Gasteiger partial charge on any atom is 0.304 e. The van der Waals surface area contributed by atoms with E-state index in [1.54, 1.807) is 0 Å². The van der Waals surface area contributed by atoms with E-state index in [1.807, 2.05) is 6.92 Å². The molecule has 14 heavy (non-hydrogen) atoms. The van der Waals surface area contributed by atoms with Crippen LogP contribution in [-0.2, 0) is 4.79 Å². The molecule has 2 unspecified atom stereocenters. The summed E-state index contributed by atoms with van der Waals surface area (Å²) in [5, 5.41) is 20.6. The minimum absolute atomic E-state index is 0.0496. The number of aliphatic hydroxyl groups excluding tert-OH is 1. The minimum Gasteiger partial charge on any atom is -0.481 e. The van der Waals surface area contributed by atoms with Crippen molar-refractivity contribution in [2.24, 2.45) is 5.92 Å². The first-order valence-electron chi connectivity index (χ1n) is 5.06. The lowest BCUT2D eigenvalue weighted by Crippen LogP contribution is -2.41. The van der Waals surface area contributed by atoms with E-state index in [4.69, 9.17) is 10.2 Å². The summed E-state index contributed by atoms with van der Waals surface area (Å²) in [6, 6.07) is 0.140. The summed E-state index contributed by atoms with van der Waals surface area (Å²) in [6.07, 6.45) is 0.788. The van der Waals surface area contributed by atoms with Crippen LogP contribution in [0.15, 0.2) is 0 Å². The van der Waals surface area contributed by atoms with Gasteiger partial charge in [0.25, 0.3) is 0 Å². The summed E-state index contributed by atoms with van der Waals surface area (Å²) < 4.78 is 0. The standard InChI is InChI=1S/C10H21NO3/c1-7(2)9(4-5-12)11-8(3)6-10(13)14/h7-9,11-12H,4-6H2,1-3H3,(H,13,14). The lowest BCUT2D eigenvalue weighted by atomic mass is 10.00. The lowest BCUT2D eigenvalue weighted by molar-refractivity contribution is -0.137. The Hall–Kier alpha value is -0.610. The second-order valence-electron chi connectivity index (χ2n) is 4.03. The molecule has 2 atom stereocenters. The second kappa shape index (κ2) is 6.79. The number of carbonyl (C=O) groups is 1. The Bertz CT molecular complexity index is 171. The Labute approximate surface area is 85.3 Å². The molecular weight excluding hydrogens is 182 g/mol. The van der Waals surface area contributed by atoms with Gasteiger partial charge >= 0.3 is 5.97 Å². The molecule has 84 valence electrons. The van der Waals surface area contributed by atoms with Crippen LogP contribution in [0.4, 0.5) is 0 Å². The number of nitrogens with one attached hydrogen (secondary N) is 1. The van der Waals surface area contributed by atoms with Gasteiger partial charge in [0.15, 0.2) is 0 Å². The van der Waals surface area contributed by atoms with Crippen LogP contribution in [0, 0.1) is 5.92 Å². The summed E-state index contributed by atoms with van der Waals surface area (Å²) in [5.41, 5.74) is 0. The van der Waals surface area contributed by atoms with Gasteiger partial charge in [-0.2, -0.15) is 0 Å². The topological polar surface area (TPSA) is 69.6 Å². The molecule has 0 fully saturated rings. The molecule has 4 nitrogen and oxygen atoms in total. The molecule has 0 aliphatic rings. The Balaban J connectivity index is 3.95. The molecule has 0 aromatic heterocycles. The van der Waals surface area contributed by atoms with Crippen molar-refractivity contribution in [3.8, 4) is 0 Å². The number of hydrogen-bond donors (Lipinski definition) is 3. The summed E-state index contributed by atoms with van der Waals surface area (Å²) in [4.78, 5) is 10.4. The summed E-state index contributed by atoms with van der Waals surface area (Å²) in [7, 11) is 0. The first-order valence-corrected chi connectivity index (χ1v) is 5.06. The fraction of sp³-hybridized carbons (Fsp3) is 0.900. The van der Waals surface area contributed by atoms with Gasteiger partial charge in [0.05, 0.1) is 6.42 Å². The highest BCUT2D eigenvalue weighted by Crippen LogP contribution is 2.07. The molecule has 0 saturated carbocycles. The van der Waals surface area contributed by atoms with Crippen LogP contribution in [0.5, 0.6) is 0 Å². The van der Waals surface area contributed by atoms with Gasteiger partial charge in [-0.15, -0.1) is 0 Å². The van der Waals surface area contributed by atoms with Gasteiger partial charge in [-0.3, -0.25) is 4.79 Å². The Morgan fingerprint density at radius 1 is 1.36 bits per heavy atom. The molecule has 0 aliphatic heterocycles. The molecule has 0 bridgehead atoms. The highest BCUT2D eigenvalue weighted by atomic mass is 16.4. The molecule has 0 aliphatic carbocycles. The van der Waals surface area contributed by atoms with Gasteiger partial charge < -0.3 is 15.5 Å². The quantitative estimate of drug-likeness (QED) is 0.573. The monoisotopic (exact) mass is 203 g/mol. The van der Waals surface area contributed by atoms with E-state index in [2.05, 4.69) is 19.2 Å². The van der Waals surface area contributed by atoms with Gasteiger partial charge in [-0.1, -0.05) is 13.8 Å². The van der Waals surface area contributed by atoms with Crippen LogP contribution < -0.4 is 5.32 Å². The maximum atomic E-state index is 10.4. The van der Waals surface area contributed by atoms with Crippen LogP contribution in [-0.4, -0.2) is 34.9 Å². The number of carboxylic acid groups (broad SMARTS) is 1. The van der Waals surface area contributed by atoms with Crippen molar-refractivity contribution in [3.63, 3.8) is 0 Å². The predicted molar refractivity (Wildman–Crippen MR) is 55.2 cm³/mol. The van der Waals surface area contributed by atoms with Crippen LogP contribution in [0.1, 0.15) is 33.6 Å². The van der Waals surface area contributed by atoms with E-state index >= 15 is 0 Å². The predicted octanol–water partition coefficient (Wildman–Crippen LogP) is 0.846. The van der Waals surface area contributed by atoms with Crippen molar-refractivity contribution >= 4 is 5.97 Å². The summed E-state index contributed by atoms with van der Waals surface area (Å²) in [6.45, 7) is 6.10. The Morgan fingerprint density at radius 3 is 2.29 bits per heavy atom. The first-order chi connectivity index (χ1) is 6.47. The molecular formula is C10H21NO3. The largest absolute Gasteiger partial charge is 0.481 e. The third-order valence-electron chi connectivity index (χ3n) is 2.22. The fourth-order valence-corrected chi connectivity index (χ4v) is 1.43. The van der Waals surface area contributed by atoms with E-state index in [0.29, 0.717) is 12.3 Å². The molecule has 0 radical (unpaired) electrons. The molecule has 0 spiro atoms. The lowest BCUT2D eigenvalue weighted by Gasteiger charge is -2.25. The third-order valence-corrected chi connectivity index (χ3v) is 2.22. The van der Waals surface area contributed by atoms with E-state index < -0.39 is 5.97 Å². The molecule has 0 aromatic rings. The van der Waals surface area contributed by atoms with Gasteiger partial charge in [0, 0.05) is 18.7 Å². The first kappa shape index (κ1) is 13.4. The zero-order valence-electron chi connectivity index (χ0n) is 9.16. The number of aliphatic hydroxyl groups is 1. The smallest absolute Gasteiger partial charge is 0.304 e. The number of aliphatic carboxylic acids is 1. The van der Waals surface area contributed by atoms with E-state index in [1.165, 1.54) is 0 Å². The van der Waals surface area contributed by atoms with Gasteiger partial charge in [-0.05, 0) is 19.3 Å². The SMILES string of the molecule is CC(CC(=O)O)NC(CCO)C(C)C. The molecule has 0 rings (SSSR count). The summed E-state index contributed by atoms with van der Waals surface area (Å²) in [5.74, 6) is -0.394. The molecule has 4 heteroatoms. The summed E-state index contributed by atoms with van der Waals surface area (Å²) >= 11 is 0. The molecule has 0 heterocycles. The maximum absolute atomic E-state index is 10.4. The van der Waals surface area contributed by atoms with Gasteiger partial charge in [0.2, 0.25) is 0 Å². The molecule has 0 saturated heterocycles. The van der Waals surface area contributed by atoms with Crippen molar-refractivity contribution < 1.29 is 15.0 Å². The van der Waals surface area contributed by atoms with Gasteiger partial charge in [-0.25, -0.2) is 0 Å². The average molecular weight is 203 g/mol. The molecule has 0 amide bonds. The third kappa shape index (κ3) is 5.94. The van der Waals surface area contributed by atoms with Crippen molar-refractivity contribution in [2.75, 3.05) is 6.61 Å². The minimum atomic E-state index is -0.795. The van der Waals surface area contributed by atoms with Crippen LogP contribution in [0.3, 0.4) is 0 Å². The Kier molecular flexibility index (Phi) is 6.49. The fourth-order valence-electron chi connectivity index (χ4n) is 1.43. The van der Waals surface area contributed by atoms with Crippen molar-refractivity contribution in [1.29, 1.82) is 0 Å². The molecule has 0 aromatic carbocycles. The number of rotatable bonds is 7. The highest BCUT2D eigenvalue weighted by Gasteiger charge is 2.16. The molecule has 3 N–H and O–H groups in total. The normalized spacial score (nSPS) is 15.5. The second-order valence-corrected chi connectivity index (χ2v) is 4.03. The average Bonchev–Trinajstić information content (AvgIpc) is 2.01. The number of hydrogen-bond acceptors (Lipinski definition) is 3. The van der Waals surface area contributed by atoms with Crippen LogP contribution in [0.2, 0.25) is 0 Å². The Morgan fingerprint density at radius 2 is 1.93 bits per heavy atom. The van der Waals surface area contributed by atoms with E-state index in [-0.39, 0.29) is 25.1 Å². The highest BCUT2D eigenvalue weighted by molar-refractivity contribution is 5.67. The zero-order valence-corrected chi connectivity index (χ0v) is 9.16. The van der Waals surface area contributed by atoms with Crippen molar-refractivity contribution in [1.82, 2.24) is 5.32 Å².